The van der Waals surface area contributed by atoms with Gasteiger partial charge in [0.2, 0.25) is 0 Å². The SMILES string of the molecule is CC(C)Oc1ccc(-c2nc(C(=O)N3CCCNCC3)cs2)cc1.Cl. The number of carbonyl (C=O) groups excluding carboxylic acids is 1. The second-order valence-corrected chi connectivity index (χ2v) is 6.98. The van der Waals surface area contributed by atoms with Crippen molar-refractivity contribution in [3.8, 4) is 16.3 Å². The van der Waals surface area contributed by atoms with Gasteiger partial charge in [-0.15, -0.1) is 23.7 Å². The first-order valence-corrected chi connectivity index (χ1v) is 9.24. The molecule has 136 valence electrons. The quantitative estimate of drug-likeness (QED) is 0.881. The zero-order valence-electron chi connectivity index (χ0n) is 14.5. The predicted molar refractivity (Wildman–Crippen MR) is 104 cm³/mol. The summed E-state index contributed by atoms with van der Waals surface area (Å²) in [6.07, 6.45) is 1.14. The van der Waals surface area contributed by atoms with Gasteiger partial charge in [0.25, 0.3) is 5.91 Å². The topological polar surface area (TPSA) is 54.5 Å². The second-order valence-electron chi connectivity index (χ2n) is 6.12. The molecule has 25 heavy (non-hydrogen) atoms. The van der Waals surface area contributed by atoms with Crippen molar-refractivity contribution < 1.29 is 9.53 Å². The van der Waals surface area contributed by atoms with Crippen molar-refractivity contribution in [1.29, 1.82) is 0 Å². The molecule has 0 aliphatic carbocycles. The van der Waals surface area contributed by atoms with E-state index in [4.69, 9.17) is 4.74 Å². The van der Waals surface area contributed by atoms with Crippen LogP contribution in [0.15, 0.2) is 29.6 Å². The summed E-state index contributed by atoms with van der Waals surface area (Å²) >= 11 is 1.50. The van der Waals surface area contributed by atoms with Crippen molar-refractivity contribution in [3.63, 3.8) is 0 Å². The molecule has 0 atom stereocenters. The van der Waals surface area contributed by atoms with Crippen LogP contribution in [0.25, 0.3) is 10.6 Å². The van der Waals surface area contributed by atoms with Gasteiger partial charge in [0.15, 0.2) is 0 Å². The second kappa shape index (κ2) is 9.17. The van der Waals surface area contributed by atoms with Gasteiger partial charge in [0, 0.05) is 30.6 Å². The van der Waals surface area contributed by atoms with Gasteiger partial charge in [0.05, 0.1) is 6.10 Å². The summed E-state index contributed by atoms with van der Waals surface area (Å²) in [7, 11) is 0. The maximum atomic E-state index is 12.6. The molecule has 1 amide bonds. The number of benzene rings is 1. The number of amides is 1. The highest BCUT2D eigenvalue weighted by Gasteiger charge is 2.20. The van der Waals surface area contributed by atoms with E-state index in [2.05, 4.69) is 10.3 Å². The number of ether oxygens (including phenoxy) is 1. The molecule has 0 radical (unpaired) electrons. The van der Waals surface area contributed by atoms with Crippen LogP contribution in [0.4, 0.5) is 0 Å². The lowest BCUT2D eigenvalue weighted by Gasteiger charge is -2.18. The molecule has 0 unspecified atom stereocenters. The van der Waals surface area contributed by atoms with Crippen molar-refractivity contribution >= 4 is 29.7 Å². The Morgan fingerprint density at radius 3 is 2.72 bits per heavy atom. The Hall–Kier alpha value is -1.63. The monoisotopic (exact) mass is 381 g/mol. The Bertz CT molecular complexity index is 680. The number of nitrogens with one attached hydrogen (secondary N) is 1. The summed E-state index contributed by atoms with van der Waals surface area (Å²) in [5, 5.41) is 6.03. The maximum absolute atomic E-state index is 12.6. The molecular formula is C18H24ClN3O2S. The van der Waals surface area contributed by atoms with Crippen LogP contribution in [-0.4, -0.2) is 48.1 Å². The van der Waals surface area contributed by atoms with E-state index in [0.717, 1.165) is 48.9 Å². The largest absolute Gasteiger partial charge is 0.491 e. The molecule has 7 heteroatoms. The standard InChI is InChI=1S/C18H23N3O2S.ClH/c1-13(2)23-15-6-4-14(5-7-15)17-20-16(12-24-17)18(22)21-10-3-8-19-9-11-21;/h4-7,12-13,19H,3,8-11H2,1-2H3;1H. The van der Waals surface area contributed by atoms with Crippen molar-refractivity contribution in [2.45, 2.75) is 26.4 Å². The van der Waals surface area contributed by atoms with Gasteiger partial charge in [-0.3, -0.25) is 4.79 Å². The van der Waals surface area contributed by atoms with E-state index in [0.29, 0.717) is 5.69 Å². The minimum absolute atomic E-state index is 0. The van der Waals surface area contributed by atoms with E-state index < -0.39 is 0 Å². The first-order chi connectivity index (χ1) is 11.6. The summed E-state index contributed by atoms with van der Waals surface area (Å²) < 4.78 is 5.66. The molecule has 1 aliphatic heterocycles. The minimum Gasteiger partial charge on any atom is -0.491 e. The third kappa shape index (κ3) is 5.17. The lowest BCUT2D eigenvalue weighted by atomic mass is 10.2. The number of rotatable bonds is 4. The lowest BCUT2D eigenvalue weighted by molar-refractivity contribution is 0.0761. The molecule has 0 saturated carbocycles. The fourth-order valence-corrected chi connectivity index (χ4v) is 3.46. The van der Waals surface area contributed by atoms with Gasteiger partial charge in [-0.1, -0.05) is 0 Å². The molecule has 3 rings (SSSR count). The Labute approximate surface area is 158 Å². The molecule has 1 fully saturated rings. The smallest absolute Gasteiger partial charge is 0.273 e. The van der Waals surface area contributed by atoms with Crippen molar-refractivity contribution in [3.05, 3.63) is 35.3 Å². The third-order valence-corrected chi connectivity index (χ3v) is 4.72. The third-order valence-electron chi connectivity index (χ3n) is 3.82. The van der Waals surface area contributed by atoms with Crippen LogP contribution in [0, 0.1) is 0 Å². The molecule has 2 heterocycles. The Kier molecular flexibility index (Phi) is 7.23. The fourth-order valence-electron chi connectivity index (χ4n) is 2.66. The van der Waals surface area contributed by atoms with Crippen molar-refractivity contribution in [1.82, 2.24) is 15.2 Å². The highest BCUT2D eigenvalue weighted by atomic mass is 35.5. The zero-order chi connectivity index (χ0) is 16.9. The van der Waals surface area contributed by atoms with E-state index >= 15 is 0 Å². The fraction of sp³-hybridized carbons (Fsp3) is 0.444. The van der Waals surface area contributed by atoms with Gasteiger partial charge in [-0.2, -0.15) is 0 Å². The van der Waals surface area contributed by atoms with E-state index in [1.165, 1.54) is 11.3 Å². The molecule has 1 N–H and O–H groups in total. The van der Waals surface area contributed by atoms with Crippen LogP contribution < -0.4 is 10.1 Å². The van der Waals surface area contributed by atoms with Gasteiger partial charge in [-0.05, 0) is 51.1 Å². The van der Waals surface area contributed by atoms with Crippen molar-refractivity contribution in [2.75, 3.05) is 26.2 Å². The molecule has 0 bridgehead atoms. The molecule has 2 aromatic rings. The van der Waals surface area contributed by atoms with E-state index in [-0.39, 0.29) is 24.4 Å². The van der Waals surface area contributed by atoms with Crippen LogP contribution in [0.1, 0.15) is 30.8 Å². The van der Waals surface area contributed by atoms with Gasteiger partial charge in [-0.25, -0.2) is 4.98 Å². The normalized spacial score (nSPS) is 14.8. The number of hydrogen-bond acceptors (Lipinski definition) is 5. The van der Waals surface area contributed by atoms with Crippen LogP contribution in [-0.2, 0) is 0 Å². The van der Waals surface area contributed by atoms with E-state index in [1.807, 2.05) is 48.4 Å². The van der Waals surface area contributed by atoms with Gasteiger partial charge < -0.3 is 15.0 Å². The van der Waals surface area contributed by atoms with E-state index in [1.54, 1.807) is 0 Å². The summed E-state index contributed by atoms with van der Waals surface area (Å²) in [4.78, 5) is 19.0. The summed E-state index contributed by atoms with van der Waals surface area (Å²) in [6, 6.07) is 7.86. The molecule has 1 aromatic carbocycles. The highest BCUT2D eigenvalue weighted by molar-refractivity contribution is 7.13. The number of aromatic nitrogens is 1. The van der Waals surface area contributed by atoms with E-state index in [9.17, 15) is 4.79 Å². The average Bonchev–Trinajstić information content (AvgIpc) is 2.90. The predicted octanol–water partition coefficient (Wildman–Crippen LogP) is 3.45. The molecule has 5 nitrogen and oxygen atoms in total. The molecule has 0 spiro atoms. The first-order valence-electron chi connectivity index (χ1n) is 8.36. The van der Waals surface area contributed by atoms with Crippen LogP contribution in [0.2, 0.25) is 0 Å². The Morgan fingerprint density at radius 2 is 2.00 bits per heavy atom. The first kappa shape index (κ1) is 19.7. The number of hydrogen-bond donors (Lipinski definition) is 1. The average molecular weight is 382 g/mol. The Balaban J connectivity index is 0.00000225. The summed E-state index contributed by atoms with van der Waals surface area (Å²) in [6.45, 7) is 7.36. The van der Waals surface area contributed by atoms with Crippen LogP contribution >= 0.6 is 23.7 Å². The van der Waals surface area contributed by atoms with Gasteiger partial charge >= 0.3 is 0 Å². The lowest BCUT2D eigenvalue weighted by Crippen LogP contribution is -2.34. The summed E-state index contributed by atoms with van der Waals surface area (Å²) in [5.41, 5.74) is 1.55. The number of halogens is 1. The highest BCUT2D eigenvalue weighted by Crippen LogP contribution is 2.26. The van der Waals surface area contributed by atoms with Crippen LogP contribution in [0.3, 0.4) is 0 Å². The van der Waals surface area contributed by atoms with Gasteiger partial charge in [0.1, 0.15) is 16.5 Å². The molecular weight excluding hydrogens is 358 g/mol. The number of thiazole rings is 1. The summed E-state index contributed by atoms with van der Waals surface area (Å²) in [5.74, 6) is 0.875. The zero-order valence-corrected chi connectivity index (χ0v) is 16.2. The molecule has 1 aromatic heterocycles. The van der Waals surface area contributed by atoms with Crippen molar-refractivity contribution in [2.24, 2.45) is 0 Å². The minimum atomic E-state index is 0. The van der Waals surface area contributed by atoms with Crippen LogP contribution in [0.5, 0.6) is 5.75 Å². The maximum Gasteiger partial charge on any atom is 0.273 e. The Morgan fingerprint density at radius 1 is 1.24 bits per heavy atom. The molecule has 1 aliphatic rings. The number of carbonyl (C=O) groups is 1. The number of nitrogens with zero attached hydrogens (tertiary/aromatic N) is 2. The molecule has 1 saturated heterocycles.